The van der Waals surface area contributed by atoms with Gasteiger partial charge in [0.25, 0.3) is 5.91 Å². The summed E-state index contributed by atoms with van der Waals surface area (Å²) in [5.41, 5.74) is 8.13. The molecule has 0 atom stereocenters. The molecule has 4 aromatic rings. The zero-order chi connectivity index (χ0) is 22.1. The van der Waals surface area contributed by atoms with E-state index in [0.29, 0.717) is 10.6 Å². The molecule has 1 amide bonds. The highest BCUT2D eigenvalue weighted by Gasteiger charge is 2.20. The fourth-order valence-corrected chi connectivity index (χ4v) is 4.23. The Morgan fingerprint density at radius 1 is 1.00 bits per heavy atom. The normalized spacial score (nSPS) is 11.0. The predicted molar refractivity (Wildman–Crippen MR) is 130 cm³/mol. The number of aryl methyl sites for hydroxylation is 3. The highest BCUT2D eigenvalue weighted by Crippen LogP contribution is 2.33. The number of rotatable bonds is 4. The van der Waals surface area contributed by atoms with Crippen molar-refractivity contribution >= 4 is 34.1 Å². The second kappa shape index (κ2) is 8.52. The lowest BCUT2D eigenvalue weighted by atomic mass is 9.94. The van der Waals surface area contributed by atoms with Gasteiger partial charge in [-0.25, -0.2) is 4.98 Å². The summed E-state index contributed by atoms with van der Waals surface area (Å²) in [4.78, 5) is 18.5. The molecule has 0 bridgehead atoms. The molecule has 3 aromatic carbocycles. The van der Waals surface area contributed by atoms with E-state index in [1.165, 1.54) is 5.56 Å². The van der Waals surface area contributed by atoms with Crippen molar-refractivity contribution in [2.24, 2.45) is 0 Å². The van der Waals surface area contributed by atoms with Crippen molar-refractivity contribution in [2.45, 2.75) is 34.1 Å². The molecule has 0 spiro atoms. The minimum Gasteiger partial charge on any atom is -0.322 e. The molecule has 0 saturated heterocycles. The zero-order valence-electron chi connectivity index (χ0n) is 18.2. The van der Waals surface area contributed by atoms with Crippen LogP contribution in [0.1, 0.15) is 39.5 Å². The quantitative estimate of drug-likeness (QED) is 0.370. The van der Waals surface area contributed by atoms with Gasteiger partial charge in [0.15, 0.2) is 0 Å². The maximum absolute atomic E-state index is 13.5. The number of pyridine rings is 1. The van der Waals surface area contributed by atoms with E-state index in [2.05, 4.69) is 18.3 Å². The third-order valence-corrected chi connectivity index (χ3v) is 5.85. The summed E-state index contributed by atoms with van der Waals surface area (Å²) in [5.74, 6) is -0.137. The van der Waals surface area contributed by atoms with Gasteiger partial charge in [-0.05, 0) is 74.2 Å². The van der Waals surface area contributed by atoms with Crippen LogP contribution in [0.15, 0.2) is 60.7 Å². The average molecular weight is 429 g/mol. The van der Waals surface area contributed by atoms with Crippen LogP contribution in [0.3, 0.4) is 0 Å². The molecule has 31 heavy (non-hydrogen) atoms. The van der Waals surface area contributed by atoms with Crippen molar-refractivity contribution in [2.75, 3.05) is 5.32 Å². The van der Waals surface area contributed by atoms with Crippen molar-refractivity contribution in [3.63, 3.8) is 0 Å². The van der Waals surface area contributed by atoms with Crippen LogP contribution < -0.4 is 5.32 Å². The molecule has 3 nitrogen and oxygen atoms in total. The number of anilines is 1. The number of hydrogen-bond acceptors (Lipinski definition) is 2. The summed E-state index contributed by atoms with van der Waals surface area (Å²) in [5, 5.41) is 4.58. The summed E-state index contributed by atoms with van der Waals surface area (Å²) in [6.07, 6.45) is 0.962. The van der Waals surface area contributed by atoms with Crippen LogP contribution in [0.2, 0.25) is 5.02 Å². The number of halogens is 1. The molecule has 1 aromatic heterocycles. The molecule has 0 fully saturated rings. The molecule has 4 heteroatoms. The molecule has 156 valence electrons. The Hall–Kier alpha value is -3.17. The second-order valence-corrected chi connectivity index (χ2v) is 8.39. The van der Waals surface area contributed by atoms with Gasteiger partial charge in [-0.2, -0.15) is 0 Å². The first-order valence-electron chi connectivity index (χ1n) is 10.4. The molecule has 1 N–H and O–H groups in total. The van der Waals surface area contributed by atoms with Gasteiger partial charge in [-0.1, -0.05) is 54.4 Å². The third-order valence-electron chi connectivity index (χ3n) is 5.61. The van der Waals surface area contributed by atoms with Gasteiger partial charge in [-0.3, -0.25) is 4.79 Å². The van der Waals surface area contributed by atoms with Crippen LogP contribution >= 0.6 is 11.6 Å². The summed E-state index contributed by atoms with van der Waals surface area (Å²) in [6.45, 7) is 8.14. The van der Waals surface area contributed by atoms with Crippen molar-refractivity contribution in [1.29, 1.82) is 0 Å². The largest absolute Gasteiger partial charge is 0.322 e. The SMILES string of the molecule is CCc1ccc(NC(=O)c2c(C)c(-c3cccc(Cl)c3)nc3c(C)cc(C)cc23)cc1. The Bertz CT molecular complexity index is 1290. The highest BCUT2D eigenvalue weighted by molar-refractivity contribution is 6.30. The summed E-state index contributed by atoms with van der Waals surface area (Å²) in [7, 11) is 0. The number of nitrogens with zero attached hydrogens (tertiary/aromatic N) is 1. The molecule has 0 saturated carbocycles. The first kappa shape index (κ1) is 21.1. The number of carbonyl (C=O) groups excluding carboxylic acids is 1. The molecule has 1 heterocycles. The lowest BCUT2D eigenvalue weighted by molar-refractivity contribution is 0.102. The van der Waals surface area contributed by atoms with Gasteiger partial charge in [0, 0.05) is 21.7 Å². The number of hydrogen-bond donors (Lipinski definition) is 1. The molecule has 4 rings (SSSR count). The van der Waals surface area contributed by atoms with E-state index in [0.717, 1.165) is 51.0 Å². The van der Waals surface area contributed by atoms with E-state index < -0.39 is 0 Å². The first-order valence-corrected chi connectivity index (χ1v) is 10.8. The zero-order valence-corrected chi connectivity index (χ0v) is 19.0. The van der Waals surface area contributed by atoms with Crippen molar-refractivity contribution in [3.05, 3.63) is 93.5 Å². The van der Waals surface area contributed by atoms with Crippen LogP contribution in [0.5, 0.6) is 0 Å². The summed E-state index contributed by atoms with van der Waals surface area (Å²) < 4.78 is 0. The Kier molecular flexibility index (Phi) is 5.79. The first-order chi connectivity index (χ1) is 14.9. The van der Waals surface area contributed by atoms with Crippen molar-refractivity contribution in [1.82, 2.24) is 4.98 Å². The summed E-state index contributed by atoms with van der Waals surface area (Å²) >= 11 is 6.24. The molecule has 0 aliphatic heterocycles. The van der Waals surface area contributed by atoms with Gasteiger partial charge in [-0.15, -0.1) is 0 Å². The molecule has 0 aliphatic rings. The number of aromatic nitrogens is 1. The van der Waals surface area contributed by atoms with Gasteiger partial charge in [0.1, 0.15) is 0 Å². The van der Waals surface area contributed by atoms with E-state index in [1.807, 2.05) is 75.4 Å². The number of nitrogens with one attached hydrogen (secondary N) is 1. The smallest absolute Gasteiger partial charge is 0.256 e. The van der Waals surface area contributed by atoms with E-state index >= 15 is 0 Å². The molecule has 0 unspecified atom stereocenters. The van der Waals surface area contributed by atoms with Crippen LogP contribution in [-0.4, -0.2) is 10.9 Å². The molecular weight excluding hydrogens is 404 g/mol. The maximum atomic E-state index is 13.5. The number of benzene rings is 3. The van der Waals surface area contributed by atoms with Gasteiger partial charge in [0.05, 0.1) is 16.8 Å². The van der Waals surface area contributed by atoms with Crippen LogP contribution in [0.25, 0.3) is 22.2 Å². The third kappa shape index (κ3) is 4.19. The molecular formula is C27H25ClN2O. The predicted octanol–water partition coefficient (Wildman–Crippen LogP) is 7.30. The topological polar surface area (TPSA) is 42.0 Å². The monoisotopic (exact) mass is 428 g/mol. The fraction of sp³-hybridized carbons (Fsp3) is 0.185. The van der Waals surface area contributed by atoms with Crippen LogP contribution in [-0.2, 0) is 6.42 Å². The lowest BCUT2D eigenvalue weighted by Gasteiger charge is -2.17. The van der Waals surface area contributed by atoms with Gasteiger partial charge in [0.2, 0.25) is 0 Å². The van der Waals surface area contributed by atoms with Crippen molar-refractivity contribution < 1.29 is 4.79 Å². The van der Waals surface area contributed by atoms with Crippen molar-refractivity contribution in [3.8, 4) is 11.3 Å². The van der Waals surface area contributed by atoms with E-state index in [1.54, 1.807) is 0 Å². The Morgan fingerprint density at radius 3 is 2.42 bits per heavy atom. The maximum Gasteiger partial charge on any atom is 0.256 e. The van der Waals surface area contributed by atoms with E-state index in [9.17, 15) is 4.79 Å². The van der Waals surface area contributed by atoms with Gasteiger partial charge < -0.3 is 5.32 Å². The van der Waals surface area contributed by atoms with Crippen LogP contribution in [0, 0.1) is 20.8 Å². The van der Waals surface area contributed by atoms with E-state index in [-0.39, 0.29) is 5.91 Å². The lowest BCUT2D eigenvalue weighted by Crippen LogP contribution is -2.15. The minimum atomic E-state index is -0.137. The molecule has 0 aliphatic carbocycles. The Morgan fingerprint density at radius 2 is 1.74 bits per heavy atom. The molecule has 0 radical (unpaired) electrons. The average Bonchev–Trinajstić information content (AvgIpc) is 2.73. The van der Waals surface area contributed by atoms with E-state index in [4.69, 9.17) is 16.6 Å². The Labute approximate surface area is 188 Å². The fourth-order valence-electron chi connectivity index (χ4n) is 4.04. The number of carbonyl (C=O) groups is 1. The van der Waals surface area contributed by atoms with Gasteiger partial charge >= 0.3 is 0 Å². The van der Waals surface area contributed by atoms with Crippen LogP contribution in [0.4, 0.5) is 5.69 Å². The number of fused-ring (bicyclic) bond motifs is 1. The Balaban J connectivity index is 1.91. The highest BCUT2D eigenvalue weighted by atomic mass is 35.5. The number of amides is 1. The second-order valence-electron chi connectivity index (χ2n) is 7.95. The minimum absolute atomic E-state index is 0.137. The standard InChI is InChI=1S/C27H25ClN2O/c1-5-19-9-11-22(12-10-19)29-27(31)24-18(4)26(20-7-6-8-21(28)15-20)30-25-17(3)13-16(2)14-23(24)25/h6-15H,5H2,1-4H3,(H,29,31). The summed E-state index contributed by atoms with van der Waals surface area (Å²) in [6, 6.07) is 19.7.